The number of piperidine rings is 1. The van der Waals surface area contributed by atoms with Crippen LogP contribution in [0.3, 0.4) is 0 Å². The molecule has 2 fully saturated rings. The lowest BCUT2D eigenvalue weighted by atomic mass is 10.2. The number of nitrogens with zero attached hydrogens (tertiary/aromatic N) is 8. The van der Waals surface area contributed by atoms with E-state index in [1.807, 2.05) is 24.3 Å². The molecule has 4 aromatic rings. The quantitative estimate of drug-likeness (QED) is 0.490. The van der Waals surface area contributed by atoms with Crippen LogP contribution in [0.4, 0.5) is 5.69 Å². The second-order valence-electron chi connectivity index (χ2n) is 8.17. The van der Waals surface area contributed by atoms with Crippen LogP contribution in [0.2, 0.25) is 0 Å². The molecule has 3 atom stereocenters. The summed E-state index contributed by atoms with van der Waals surface area (Å²) >= 11 is 0. The van der Waals surface area contributed by atoms with Gasteiger partial charge >= 0.3 is 0 Å². The zero-order valence-electron chi connectivity index (χ0n) is 16.7. The van der Waals surface area contributed by atoms with Gasteiger partial charge in [-0.2, -0.15) is 10.2 Å². The molecule has 31 heavy (non-hydrogen) atoms. The van der Waals surface area contributed by atoms with E-state index in [4.69, 9.17) is 9.78 Å². The first kappa shape index (κ1) is 17.8. The minimum Gasteiger partial charge on any atom is -0.371 e. The molecule has 10 nitrogen and oxygen atoms in total. The molecule has 2 aliphatic rings. The van der Waals surface area contributed by atoms with Gasteiger partial charge in [-0.05, 0) is 30.0 Å². The Bertz CT molecular complexity index is 1400. The number of rotatable bonds is 4. The van der Waals surface area contributed by atoms with Gasteiger partial charge in [0, 0.05) is 31.7 Å². The Morgan fingerprint density at radius 3 is 2.84 bits per heavy atom. The van der Waals surface area contributed by atoms with Crippen molar-refractivity contribution in [1.82, 2.24) is 29.2 Å². The first-order valence-corrected chi connectivity index (χ1v) is 10.1. The number of benzene rings is 1. The van der Waals surface area contributed by atoms with Gasteiger partial charge in [-0.3, -0.25) is 9.36 Å². The molecule has 0 bridgehead atoms. The largest absolute Gasteiger partial charge is 0.371 e. The van der Waals surface area contributed by atoms with Crippen LogP contribution in [0, 0.1) is 23.2 Å². The summed E-state index contributed by atoms with van der Waals surface area (Å²) in [5.41, 5.74) is 2.43. The topological polar surface area (TPSA) is 119 Å². The number of nitriles is 1. The summed E-state index contributed by atoms with van der Waals surface area (Å²) < 4.78 is 8.55. The highest BCUT2D eigenvalue weighted by molar-refractivity contribution is 5.68. The Morgan fingerprint density at radius 1 is 1.23 bits per heavy atom. The number of hydrogen-bond donors (Lipinski definition) is 0. The Morgan fingerprint density at radius 2 is 2.03 bits per heavy atom. The van der Waals surface area contributed by atoms with Crippen LogP contribution in [0.25, 0.3) is 11.2 Å². The third-order valence-electron chi connectivity index (χ3n) is 6.32. The summed E-state index contributed by atoms with van der Waals surface area (Å²) in [6.07, 6.45) is 3.03. The number of aryl methyl sites for hydroxylation is 1. The summed E-state index contributed by atoms with van der Waals surface area (Å²) in [6, 6.07) is 9.89. The van der Waals surface area contributed by atoms with Gasteiger partial charge in [0.05, 0.1) is 18.0 Å². The van der Waals surface area contributed by atoms with E-state index in [0.717, 1.165) is 18.8 Å². The minimum absolute atomic E-state index is 0.176. The van der Waals surface area contributed by atoms with Gasteiger partial charge in [-0.15, -0.1) is 0 Å². The first-order chi connectivity index (χ1) is 15.1. The van der Waals surface area contributed by atoms with Gasteiger partial charge in [0.25, 0.3) is 5.56 Å². The predicted octanol–water partition coefficient (Wildman–Crippen LogP) is 1.28. The molecule has 1 aromatic carbocycles. The maximum atomic E-state index is 12.7. The third-order valence-corrected chi connectivity index (χ3v) is 6.32. The average molecular weight is 414 g/mol. The van der Waals surface area contributed by atoms with Crippen LogP contribution in [-0.2, 0) is 13.6 Å². The van der Waals surface area contributed by atoms with E-state index in [1.165, 1.54) is 10.9 Å². The van der Waals surface area contributed by atoms with Crippen molar-refractivity contribution in [3.8, 4) is 6.07 Å². The normalized spacial score (nSPS) is 21.9. The Balaban J connectivity index is 1.16. The second-order valence-corrected chi connectivity index (χ2v) is 8.17. The lowest BCUT2D eigenvalue weighted by Gasteiger charge is -2.21. The van der Waals surface area contributed by atoms with Gasteiger partial charge in [-0.25, -0.2) is 9.97 Å². The van der Waals surface area contributed by atoms with Crippen LogP contribution in [0.15, 0.2) is 46.2 Å². The Labute approximate surface area is 176 Å². The zero-order chi connectivity index (χ0) is 21.1. The molecule has 154 valence electrons. The van der Waals surface area contributed by atoms with Gasteiger partial charge < -0.3 is 14.0 Å². The highest BCUT2D eigenvalue weighted by Gasteiger charge is 2.58. The molecule has 0 amide bonds. The molecule has 4 heterocycles. The van der Waals surface area contributed by atoms with Gasteiger partial charge in [0.15, 0.2) is 17.0 Å². The molecule has 3 aromatic heterocycles. The molecule has 1 saturated heterocycles. The molecule has 1 saturated carbocycles. The summed E-state index contributed by atoms with van der Waals surface area (Å²) in [5, 5.41) is 13.3. The smallest absolute Gasteiger partial charge is 0.280 e. The van der Waals surface area contributed by atoms with E-state index in [-0.39, 0.29) is 18.0 Å². The Kier molecular flexibility index (Phi) is 3.74. The fourth-order valence-corrected chi connectivity index (χ4v) is 4.69. The van der Waals surface area contributed by atoms with Crippen LogP contribution in [0.5, 0.6) is 0 Å². The lowest BCUT2D eigenvalue weighted by Crippen LogP contribution is -2.24. The van der Waals surface area contributed by atoms with E-state index in [9.17, 15) is 4.79 Å². The maximum Gasteiger partial charge on any atom is 0.280 e. The fourth-order valence-electron chi connectivity index (χ4n) is 4.69. The number of imidazole rings is 1. The molecular weight excluding hydrogens is 396 g/mol. The molecule has 6 rings (SSSR count). The van der Waals surface area contributed by atoms with Crippen molar-refractivity contribution in [1.29, 1.82) is 5.26 Å². The molecule has 0 N–H and O–H groups in total. The van der Waals surface area contributed by atoms with Crippen molar-refractivity contribution in [2.75, 3.05) is 18.0 Å². The monoisotopic (exact) mass is 414 g/mol. The van der Waals surface area contributed by atoms with Crippen molar-refractivity contribution in [2.24, 2.45) is 18.9 Å². The molecule has 1 aliphatic heterocycles. The van der Waals surface area contributed by atoms with Crippen LogP contribution >= 0.6 is 0 Å². The molecule has 10 heteroatoms. The minimum atomic E-state index is -0.191. The second kappa shape index (κ2) is 6.50. The van der Waals surface area contributed by atoms with Gasteiger partial charge in [-0.1, -0.05) is 11.2 Å². The maximum absolute atomic E-state index is 12.7. The third kappa shape index (κ3) is 2.81. The van der Waals surface area contributed by atoms with Crippen molar-refractivity contribution in [2.45, 2.75) is 12.5 Å². The van der Waals surface area contributed by atoms with Crippen LogP contribution in [-0.4, -0.2) is 42.3 Å². The summed E-state index contributed by atoms with van der Waals surface area (Å²) in [4.78, 5) is 27.9. The first-order valence-electron chi connectivity index (χ1n) is 10.1. The number of aromatic nitrogens is 6. The van der Waals surface area contributed by atoms with Gasteiger partial charge in [0.2, 0.25) is 5.89 Å². The van der Waals surface area contributed by atoms with Crippen LogP contribution < -0.4 is 10.5 Å². The highest BCUT2D eigenvalue weighted by Crippen LogP contribution is 2.57. The Hall–Kier alpha value is -4.00. The summed E-state index contributed by atoms with van der Waals surface area (Å²) in [7, 11) is 1.76. The van der Waals surface area contributed by atoms with E-state index < -0.39 is 0 Å². The summed E-state index contributed by atoms with van der Waals surface area (Å²) in [6.45, 7) is 2.00. The van der Waals surface area contributed by atoms with E-state index in [2.05, 4.69) is 31.1 Å². The van der Waals surface area contributed by atoms with Crippen molar-refractivity contribution < 1.29 is 4.52 Å². The molecule has 0 spiro atoms. The average Bonchev–Trinajstić information content (AvgIpc) is 3.21. The molecule has 0 radical (unpaired) electrons. The fraction of sp³-hybridized carbons (Fsp3) is 0.333. The number of fused-ring (bicyclic) bond motifs is 2. The number of hydrogen-bond acceptors (Lipinski definition) is 8. The standard InChI is InChI=1S/C21H18N8O2/c1-27-10-23-20-18(27)21(30)29(11-24-20)9-16-25-19(26-31-16)17-14-7-28(8-15(14)17)13-4-2-3-12(5-13)6-22/h2-5,10-11,14-15,17H,7-9H2,1H3/t14-,15?,17?/m0/s1. The predicted molar refractivity (Wildman–Crippen MR) is 109 cm³/mol. The molecule has 2 unspecified atom stereocenters. The van der Waals surface area contributed by atoms with Crippen molar-refractivity contribution >= 4 is 16.9 Å². The van der Waals surface area contributed by atoms with E-state index >= 15 is 0 Å². The van der Waals surface area contributed by atoms with Crippen LogP contribution in [0.1, 0.15) is 23.2 Å². The van der Waals surface area contributed by atoms with E-state index in [1.54, 1.807) is 17.9 Å². The highest BCUT2D eigenvalue weighted by atomic mass is 16.5. The molecular formula is C21H18N8O2. The van der Waals surface area contributed by atoms with Gasteiger partial charge in [0.1, 0.15) is 12.9 Å². The SMILES string of the molecule is Cn1cnc2ncn(Cc3nc(C4C5CN(c6cccc(C#N)c6)C[C@@H]54)no3)c(=O)c21. The zero-order valence-corrected chi connectivity index (χ0v) is 16.7. The van der Waals surface area contributed by atoms with Crippen molar-refractivity contribution in [3.63, 3.8) is 0 Å². The molecule has 1 aliphatic carbocycles. The van der Waals surface area contributed by atoms with Crippen molar-refractivity contribution in [3.05, 3.63) is 64.6 Å². The lowest BCUT2D eigenvalue weighted by molar-refractivity contribution is 0.363. The summed E-state index contributed by atoms with van der Waals surface area (Å²) in [5.74, 6) is 2.34. The number of anilines is 1. The van der Waals surface area contributed by atoms with E-state index in [0.29, 0.717) is 40.3 Å².